The van der Waals surface area contributed by atoms with E-state index in [4.69, 9.17) is 0 Å². The van der Waals surface area contributed by atoms with Gasteiger partial charge in [-0.25, -0.2) is 4.98 Å². The van der Waals surface area contributed by atoms with Crippen molar-refractivity contribution < 1.29 is 9.90 Å². The summed E-state index contributed by atoms with van der Waals surface area (Å²) in [6.45, 7) is 6.19. The van der Waals surface area contributed by atoms with Crippen LogP contribution in [0, 0.1) is 5.92 Å². The summed E-state index contributed by atoms with van der Waals surface area (Å²) in [6, 6.07) is 0. The minimum Gasteiger partial charge on any atom is -0.481 e. The number of carboxylic acid groups (broad SMARTS) is 1. The summed E-state index contributed by atoms with van der Waals surface area (Å²) in [7, 11) is 0. The van der Waals surface area contributed by atoms with E-state index < -0.39 is 5.97 Å². The fraction of sp³-hybridized carbons (Fsp3) is 0.733. The van der Waals surface area contributed by atoms with Crippen molar-refractivity contribution in [3.05, 3.63) is 17.7 Å². The Kier molecular flexibility index (Phi) is 3.78. The largest absolute Gasteiger partial charge is 0.481 e. The highest BCUT2D eigenvalue weighted by Gasteiger charge is 2.30. The number of fused-ring (bicyclic) bond motifs is 1. The minimum atomic E-state index is -0.670. The fourth-order valence-corrected chi connectivity index (χ4v) is 3.51. The van der Waals surface area contributed by atoms with Crippen molar-refractivity contribution in [1.82, 2.24) is 14.5 Å². The monoisotopic (exact) mass is 277 g/mol. The number of carboxylic acids is 1. The van der Waals surface area contributed by atoms with Crippen LogP contribution in [0.25, 0.3) is 0 Å². The molecule has 0 bridgehead atoms. The molecule has 0 saturated carbocycles. The molecule has 1 fully saturated rings. The topological polar surface area (TPSA) is 58.4 Å². The maximum Gasteiger partial charge on any atom is 0.308 e. The van der Waals surface area contributed by atoms with Gasteiger partial charge < -0.3 is 14.6 Å². The van der Waals surface area contributed by atoms with E-state index in [-0.39, 0.29) is 5.92 Å². The molecular weight excluding hydrogens is 254 g/mol. The number of hydrogen-bond donors (Lipinski definition) is 1. The first kappa shape index (κ1) is 13.6. The summed E-state index contributed by atoms with van der Waals surface area (Å²) < 4.78 is 2.19. The van der Waals surface area contributed by atoms with Crippen LogP contribution in [0.15, 0.2) is 6.20 Å². The van der Waals surface area contributed by atoms with Crippen molar-refractivity contribution in [2.24, 2.45) is 5.92 Å². The van der Waals surface area contributed by atoms with Gasteiger partial charge in [0.05, 0.1) is 5.92 Å². The number of aryl methyl sites for hydroxylation is 1. The molecule has 0 aliphatic carbocycles. The number of imidazole rings is 1. The third-order valence-corrected chi connectivity index (χ3v) is 4.87. The van der Waals surface area contributed by atoms with Crippen molar-refractivity contribution in [3.8, 4) is 0 Å². The second-order valence-electron chi connectivity index (χ2n) is 6.00. The molecule has 1 unspecified atom stereocenters. The Balaban J connectivity index is 1.76. The van der Waals surface area contributed by atoms with Crippen LogP contribution in [0.4, 0.5) is 0 Å². The normalized spacial score (nSPS) is 24.6. The van der Waals surface area contributed by atoms with E-state index in [1.807, 2.05) is 6.20 Å². The molecule has 0 radical (unpaired) electrons. The fourth-order valence-electron chi connectivity index (χ4n) is 3.51. The SMILES string of the molecule is CCN1CCC(c2ncc3n2CC(C(=O)O)CC3)CC1. The summed E-state index contributed by atoms with van der Waals surface area (Å²) in [5.74, 6) is 0.711. The molecule has 1 aromatic heterocycles. The van der Waals surface area contributed by atoms with E-state index in [1.165, 1.54) is 5.69 Å². The minimum absolute atomic E-state index is 0.244. The van der Waals surface area contributed by atoms with Crippen LogP contribution in [-0.4, -0.2) is 45.2 Å². The molecule has 2 aliphatic rings. The van der Waals surface area contributed by atoms with E-state index in [0.29, 0.717) is 12.5 Å². The van der Waals surface area contributed by atoms with E-state index in [2.05, 4.69) is 21.4 Å². The number of likely N-dealkylation sites (tertiary alicyclic amines) is 1. The Labute approximate surface area is 119 Å². The predicted octanol–water partition coefficient (Wildman–Crippen LogP) is 1.73. The van der Waals surface area contributed by atoms with Gasteiger partial charge in [0.15, 0.2) is 0 Å². The van der Waals surface area contributed by atoms with Crippen molar-refractivity contribution in [2.75, 3.05) is 19.6 Å². The van der Waals surface area contributed by atoms with Gasteiger partial charge in [-0.3, -0.25) is 4.79 Å². The predicted molar refractivity (Wildman–Crippen MR) is 75.8 cm³/mol. The van der Waals surface area contributed by atoms with Gasteiger partial charge >= 0.3 is 5.97 Å². The number of rotatable bonds is 3. The van der Waals surface area contributed by atoms with E-state index in [0.717, 1.165) is 51.1 Å². The van der Waals surface area contributed by atoms with Crippen LogP contribution >= 0.6 is 0 Å². The first-order chi connectivity index (χ1) is 9.69. The quantitative estimate of drug-likeness (QED) is 0.914. The molecule has 110 valence electrons. The van der Waals surface area contributed by atoms with Gasteiger partial charge in [-0.2, -0.15) is 0 Å². The highest BCUT2D eigenvalue weighted by Crippen LogP contribution is 2.31. The zero-order valence-electron chi connectivity index (χ0n) is 12.1. The van der Waals surface area contributed by atoms with Gasteiger partial charge in [-0.05, 0) is 45.3 Å². The summed E-state index contributed by atoms with van der Waals surface area (Å²) >= 11 is 0. The van der Waals surface area contributed by atoms with E-state index >= 15 is 0 Å². The van der Waals surface area contributed by atoms with Crippen molar-refractivity contribution in [2.45, 2.75) is 45.1 Å². The molecule has 1 atom stereocenters. The van der Waals surface area contributed by atoms with Crippen LogP contribution < -0.4 is 0 Å². The summed E-state index contributed by atoms with van der Waals surface area (Å²) in [6.07, 6.45) is 5.83. The molecule has 1 saturated heterocycles. The molecule has 3 rings (SSSR count). The van der Waals surface area contributed by atoms with Crippen LogP contribution in [0.1, 0.15) is 43.6 Å². The van der Waals surface area contributed by atoms with Gasteiger partial charge in [0.1, 0.15) is 5.82 Å². The summed E-state index contributed by atoms with van der Waals surface area (Å²) in [4.78, 5) is 18.3. The van der Waals surface area contributed by atoms with Crippen molar-refractivity contribution in [1.29, 1.82) is 0 Å². The zero-order valence-corrected chi connectivity index (χ0v) is 12.1. The molecule has 1 N–H and O–H groups in total. The summed E-state index contributed by atoms with van der Waals surface area (Å²) in [5, 5.41) is 9.23. The Morgan fingerprint density at radius 1 is 1.40 bits per heavy atom. The standard InChI is InChI=1S/C15H23N3O2/c1-2-17-7-5-11(6-8-17)14-16-9-13-4-3-12(15(19)20)10-18(13)14/h9,11-12H,2-8,10H2,1H3,(H,19,20). The van der Waals surface area contributed by atoms with Gasteiger partial charge in [0, 0.05) is 24.4 Å². The van der Waals surface area contributed by atoms with Crippen molar-refractivity contribution >= 4 is 5.97 Å². The lowest BCUT2D eigenvalue weighted by atomic mass is 9.94. The Hall–Kier alpha value is -1.36. The lowest BCUT2D eigenvalue weighted by Gasteiger charge is -2.32. The van der Waals surface area contributed by atoms with Gasteiger partial charge in [-0.15, -0.1) is 0 Å². The first-order valence-corrected chi connectivity index (χ1v) is 7.68. The number of nitrogens with zero attached hydrogens (tertiary/aromatic N) is 3. The number of piperidine rings is 1. The molecule has 3 heterocycles. The van der Waals surface area contributed by atoms with E-state index in [9.17, 15) is 9.90 Å². The van der Waals surface area contributed by atoms with Gasteiger partial charge in [-0.1, -0.05) is 6.92 Å². The molecule has 2 aliphatic heterocycles. The first-order valence-electron chi connectivity index (χ1n) is 7.68. The van der Waals surface area contributed by atoms with Gasteiger partial charge in [0.2, 0.25) is 0 Å². The maximum absolute atomic E-state index is 11.2. The molecule has 5 heteroatoms. The molecule has 0 amide bonds. The second-order valence-corrected chi connectivity index (χ2v) is 6.00. The molecule has 1 aromatic rings. The highest BCUT2D eigenvalue weighted by atomic mass is 16.4. The van der Waals surface area contributed by atoms with Gasteiger partial charge in [0.25, 0.3) is 0 Å². The zero-order chi connectivity index (χ0) is 14.1. The molecule has 20 heavy (non-hydrogen) atoms. The molecule has 0 spiro atoms. The third kappa shape index (κ3) is 2.46. The number of aliphatic carboxylic acids is 1. The van der Waals surface area contributed by atoms with Crippen molar-refractivity contribution in [3.63, 3.8) is 0 Å². The lowest BCUT2D eigenvalue weighted by Crippen LogP contribution is -2.34. The average molecular weight is 277 g/mol. The molecule has 5 nitrogen and oxygen atoms in total. The van der Waals surface area contributed by atoms with E-state index in [1.54, 1.807) is 0 Å². The van der Waals surface area contributed by atoms with Crippen LogP contribution in [0.5, 0.6) is 0 Å². The maximum atomic E-state index is 11.2. The Morgan fingerprint density at radius 2 is 2.15 bits per heavy atom. The smallest absolute Gasteiger partial charge is 0.308 e. The van der Waals surface area contributed by atoms with Crippen LogP contribution in [-0.2, 0) is 17.8 Å². The molecular formula is C15H23N3O2. The molecule has 0 aromatic carbocycles. The summed E-state index contributed by atoms with van der Waals surface area (Å²) in [5.41, 5.74) is 1.22. The second kappa shape index (κ2) is 5.56. The third-order valence-electron chi connectivity index (χ3n) is 4.87. The average Bonchev–Trinajstić information content (AvgIpc) is 2.90. The number of aromatic nitrogens is 2. The lowest BCUT2D eigenvalue weighted by molar-refractivity contribution is -0.142. The number of carbonyl (C=O) groups is 1. The Morgan fingerprint density at radius 3 is 2.80 bits per heavy atom. The Bertz CT molecular complexity index is 489. The number of hydrogen-bond acceptors (Lipinski definition) is 3. The van der Waals surface area contributed by atoms with Crippen LogP contribution in [0.3, 0.4) is 0 Å². The highest BCUT2D eigenvalue weighted by molar-refractivity contribution is 5.70. The van der Waals surface area contributed by atoms with Crippen LogP contribution in [0.2, 0.25) is 0 Å².